The molecule has 2 heterocycles. The minimum absolute atomic E-state index is 0.0216. The van der Waals surface area contributed by atoms with Crippen LogP contribution in [-0.4, -0.2) is 46.6 Å². The molecule has 152 valence electrons. The van der Waals surface area contributed by atoms with Gasteiger partial charge in [0.1, 0.15) is 6.61 Å². The molecule has 0 bridgehead atoms. The van der Waals surface area contributed by atoms with E-state index in [2.05, 4.69) is 4.98 Å². The van der Waals surface area contributed by atoms with Gasteiger partial charge in [0, 0.05) is 29.7 Å². The maximum atomic E-state index is 13.1. The molecule has 0 radical (unpaired) electrons. The number of aromatic nitrogens is 1. The average molecular weight is 402 g/mol. The van der Waals surface area contributed by atoms with Gasteiger partial charge < -0.3 is 14.8 Å². The minimum atomic E-state index is -1.74. The standard InChI is InChI=1S/C24H22N2O4/c1-26-14-24(22(27)28,23(29)30-13-15-6-3-2-4-7-15)11-18-17-8-5-9-19-21(17)16(12-25-19)10-20(18)26/h2-9,11-12,20,25H,10,13-14H2,1H3,(H,27,28)/t20-,24+/m1/s1. The van der Waals surface area contributed by atoms with Gasteiger partial charge in [-0.25, -0.2) is 0 Å². The molecule has 0 unspecified atom stereocenters. The average Bonchev–Trinajstić information content (AvgIpc) is 3.17. The summed E-state index contributed by atoms with van der Waals surface area (Å²) in [5, 5.41) is 11.2. The number of aliphatic carboxylic acids is 1. The summed E-state index contributed by atoms with van der Waals surface area (Å²) in [6.45, 7) is 0.114. The Hall–Kier alpha value is -3.38. The molecule has 6 heteroatoms. The van der Waals surface area contributed by atoms with E-state index in [0.717, 1.165) is 34.0 Å². The number of carbonyl (C=O) groups excluding carboxylic acids is 1. The highest BCUT2D eigenvalue weighted by atomic mass is 16.5. The molecule has 0 spiro atoms. The van der Waals surface area contributed by atoms with Gasteiger partial charge >= 0.3 is 11.9 Å². The highest BCUT2D eigenvalue weighted by Crippen LogP contribution is 2.44. The smallest absolute Gasteiger partial charge is 0.329 e. The number of carbonyl (C=O) groups is 2. The lowest BCUT2D eigenvalue weighted by atomic mass is 9.74. The van der Waals surface area contributed by atoms with Gasteiger partial charge in [0.05, 0.1) is 0 Å². The number of carboxylic acids is 1. The molecular weight excluding hydrogens is 380 g/mol. The number of nitrogens with zero attached hydrogens (tertiary/aromatic N) is 1. The number of nitrogens with one attached hydrogen (secondary N) is 1. The largest absolute Gasteiger partial charge is 0.480 e. The Morgan fingerprint density at radius 2 is 2.00 bits per heavy atom. The Labute approximate surface area is 173 Å². The third-order valence-corrected chi connectivity index (χ3v) is 6.26. The topological polar surface area (TPSA) is 82.6 Å². The molecule has 0 amide bonds. The number of rotatable bonds is 4. The van der Waals surface area contributed by atoms with Crippen LogP contribution in [0.4, 0.5) is 0 Å². The maximum absolute atomic E-state index is 13.1. The van der Waals surface area contributed by atoms with Crippen molar-refractivity contribution in [3.63, 3.8) is 0 Å². The van der Waals surface area contributed by atoms with E-state index in [4.69, 9.17) is 4.74 Å². The van der Waals surface area contributed by atoms with Crippen LogP contribution in [0.15, 0.2) is 60.8 Å². The van der Waals surface area contributed by atoms with E-state index in [0.29, 0.717) is 0 Å². The predicted molar refractivity (Wildman–Crippen MR) is 113 cm³/mol. The van der Waals surface area contributed by atoms with Crippen LogP contribution < -0.4 is 0 Å². The number of hydrogen-bond donors (Lipinski definition) is 2. The highest BCUT2D eigenvalue weighted by molar-refractivity contribution is 6.06. The fraction of sp³-hybridized carbons (Fsp3) is 0.250. The number of likely N-dealkylation sites (N-methyl/N-ethyl adjacent to an activating group) is 1. The van der Waals surface area contributed by atoms with Gasteiger partial charge in [-0.15, -0.1) is 0 Å². The first-order valence-corrected chi connectivity index (χ1v) is 9.96. The van der Waals surface area contributed by atoms with Crippen molar-refractivity contribution in [3.8, 4) is 0 Å². The highest BCUT2D eigenvalue weighted by Gasteiger charge is 2.52. The molecule has 0 fully saturated rings. The van der Waals surface area contributed by atoms with Crippen LogP contribution in [0.2, 0.25) is 0 Å². The van der Waals surface area contributed by atoms with Gasteiger partial charge in [0.15, 0.2) is 5.41 Å². The Balaban J connectivity index is 1.57. The molecule has 6 nitrogen and oxygen atoms in total. The normalized spacial score (nSPS) is 23.0. The van der Waals surface area contributed by atoms with Crippen molar-refractivity contribution in [2.75, 3.05) is 13.6 Å². The van der Waals surface area contributed by atoms with E-state index in [1.807, 2.05) is 66.7 Å². The number of H-pyrrole nitrogens is 1. The van der Waals surface area contributed by atoms with E-state index < -0.39 is 17.4 Å². The van der Waals surface area contributed by atoms with Crippen LogP contribution in [0, 0.1) is 5.41 Å². The second kappa shape index (κ2) is 6.85. The number of benzene rings is 2. The second-order valence-corrected chi connectivity index (χ2v) is 8.11. The Morgan fingerprint density at radius 1 is 1.20 bits per heavy atom. The molecule has 1 aromatic heterocycles. The number of aromatic amines is 1. The van der Waals surface area contributed by atoms with Gasteiger partial charge in [-0.3, -0.25) is 14.5 Å². The number of fused-ring (bicyclic) bond motifs is 2. The Morgan fingerprint density at radius 3 is 2.77 bits per heavy atom. The quantitative estimate of drug-likeness (QED) is 0.517. The first-order chi connectivity index (χ1) is 14.5. The van der Waals surface area contributed by atoms with Crippen LogP contribution in [0.3, 0.4) is 0 Å². The van der Waals surface area contributed by atoms with Crippen LogP contribution >= 0.6 is 0 Å². The van der Waals surface area contributed by atoms with Crippen molar-refractivity contribution in [1.29, 1.82) is 0 Å². The molecule has 0 saturated carbocycles. The summed E-state index contributed by atoms with van der Waals surface area (Å²) in [7, 11) is 1.87. The van der Waals surface area contributed by atoms with Crippen molar-refractivity contribution >= 4 is 28.4 Å². The molecule has 2 atom stereocenters. The van der Waals surface area contributed by atoms with E-state index in [1.54, 1.807) is 6.08 Å². The third-order valence-electron chi connectivity index (χ3n) is 6.26. The van der Waals surface area contributed by atoms with Crippen molar-refractivity contribution in [3.05, 3.63) is 77.5 Å². The molecule has 2 aromatic carbocycles. The van der Waals surface area contributed by atoms with Gasteiger partial charge in [-0.2, -0.15) is 0 Å². The summed E-state index contributed by atoms with van der Waals surface area (Å²) in [6.07, 6.45) is 4.43. The van der Waals surface area contributed by atoms with Crippen LogP contribution in [0.1, 0.15) is 16.7 Å². The monoisotopic (exact) mass is 402 g/mol. The minimum Gasteiger partial charge on any atom is -0.480 e. The summed E-state index contributed by atoms with van der Waals surface area (Å²) in [6, 6.07) is 15.3. The molecule has 1 aliphatic carbocycles. The lowest BCUT2D eigenvalue weighted by Gasteiger charge is -2.42. The summed E-state index contributed by atoms with van der Waals surface area (Å²) in [5.41, 5.74) is 3.16. The zero-order valence-electron chi connectivity index (χ0n) is 16.6. The molecular formula is C24H22N2O4. The zero-order chi connectivity index (χ0) is 20.9. The fourth-order valence-electron chi connectivity index (χ4n) is 4.73. The van der Waals surface area contributed by atoms with Gasteiger partial charge in [0.2, 0.25) is 0 Å². The number of ether oxygens (including phenoxy) is 1. The van der Waals surface area contributed by atoms with E-state index >= 15 is 0 Å². The number of carboxylic acid groups (broad SMARTS) is 1. The van der Waals surface area contributed by atoms with Crippen molar-refractivity contribution in [2.24, 2.45) is 5.41 Å². The van der Waals surface area contributed by atoms with Gasteiger partial charge in [0.25, 0.3) is 0 Å². The fourth-order valence-corrected chi connectivity index (χ4v) is 4.73. The third kappa shape index (κ3) is 2.75. The lowest BCUT2D eigenvalue weighted by molar-refractivity contribution is -0.167. The zero-order valence-corrected chi connectivity index (χ0v) is 16.6. The molecule has 30 heavy (non-hydrogen) atoms. The lowest BCUT2D eigenvalue weighted by Crippen LogP contribution is -2.54. The first-order valence-electron chi connectivity index (χ1n) is 9.96. The molecule has 3 aromatic rings. The Bertz CT molecular complexity index is 1180. The van der Waals surface area contributed by atoms with E-state index in [9.17, 15) is 14.7 Å². The summed E-state index contributed by atoms with van der Waals surface area (Å²) < 4.78 is 5.49. The van der Waals surface area contributed by atoms with Gasteiger partial charge in [-0.05, 0) is 47.9 Å². The predicted octanol–water partition coefficient (Wildman–Crippen LogP) is 3.24. The summed E-state index contributed by atoms with van der Waals surface area (Å²) >= 11 is 0. The maximum Gasteiger partial charge on any atom is 0.329 e. The molecule has 2 N–H and O–H groups in total. The van der Waals surface area contributed by atoms with Crippen LogP contribution in [-0.2, 0) is 27.4 Å². The van der Waals surface area contributed by atoms with Crippen LogP contribution in [0.5, 0.6) is 0 Å². The van der Waals surface area contributed by atoms with Crippen LogP contribution in [0.25, 0.3) is 16.5 Å². The SMILES string of the molecule is CN1C[C@@](C(=O)O)(C(=O)OCc2ccccc2)C=C2c3cccc4[nH]cc(c34)C[C@H]21. The number of hydrogen-bond acceptors (Lipinski definition) is 4. The molecule has 0 saturated heterocycles. The second-order valence-electron chi connectivity index (χ2n) is 8.11. The summed E-state index contributed by atoms with van der Waals surface area (Å²) in [5.74, 6) is -1.92. The molecule has 5 rings (SSSR count). The summed E-state index contributed by atoms with van der Waals surface area (Å²) in [4.78, 5) is 30.8. The Kier molecular flexibility index (Phi) is 4.25. The number of esters is 1. The van der Waals surface area contributed by atoms with Gasteiger partial charge in [-0.1, -0.05) is 42.5 Å². The van der Waals surface area contributed by atoms with Crippen molar-refractivity contribution < 1.29 is 19.4 Å². The van der Waals surface area contributed by atoms with Crippen molar-refractivity contribution in [2.45, 2.75) is 19.1 Å². The first kappa shape index (κ1) is 18.6. The van der Waals surface area contributed by atoms with Crippen molar-refractivity contribution in [1.82, 2.24) is 9.88 Å². The van der Waals surface area contributed by atoms with E-state index in [1.165, 1.54) is 5.56 Å². The molecule has 1 aliphatic heterocycles. The molecule has 2 aliphatic rings. The van der Waals surface area contributed by atoms with E-state index in [-0.39, 0.29) is 19.2 Å².